The van der Waals surface area contributed by atoms with Crippen molar-refractivity contribution in [3.63, 3.8) is 0 Å². The molecule has 0 aliphatic carbocycles. The Balaban J connectivity index is 3.07. The van der Waals surface area contributed by atoms with E-state index < -0.39 is 0 Å². The van der Waals surface area contributed by atoms with E-state index >= 15 is 0 Å². The highest BCUT2D eigenvalue weighted by Gasteiger charge is 2.10. The highest BCUT2D eigenvalue weighted by molar-refractivity contribution is 6.01. The number of rotatable bonds is 1. The van der Waals surface area contributed by atoms with Gasteiger partial charge < -0.3 is 5.11 Å². The van der Waals surface area contributed by atoms with Crippen LogP contribution in [0.15, 0.2) is 29.3 Å². The van der Waals surface area contributed by atoms with Crippen LogP contribution in [0, 0.1) is 0 Å². The Bertz CT molecular complexity index is 348. The van der Waals surface area contributed by atoms with E-state index in [-0.39, 0.29) is 11.3 Å². The van der Waals surface area contributed by atoms with E-state index in [0.717, 1.165) is 11.3 Å². The third kappa shape index (κ3) is 2.87. The third-order valence-electron chi connectivity index (χ3n) is 1.80. The molecule has 0 unspecified atom stereocenters. The van der Waals surface area contributed by atoms with Gasteiger partial charge in [0.2, 0.25) is 0 Å². The lowest BCUT2D eigenvalue weighted by Gasteiger charge is -2.14. The first kappa shape index (κ1) is 10.8. The van der Waals surface area contributed by atoms with Crippen molar-refractivity contribution < 1.29 is 5.11 Å². The molecule has 1 aromatic carbocycles. The van der Waals surface area contributed by atoms with Crippen molar-refractivity contribution in [1.82, 2.24) is 0 Å². The van der Waals surface area contributed by atoms with Gasteiger partial charge in [0.1, 0.15) is 5.75 Å². The fourth-order valence-corrected chi connectivity index (χ4v) is 1.34. The largest absolute Gasteiger partial charge is 0.507 e. The van der Waals surface area contributed by atoms with Crippen LogP contribution in [0.2, 0.25) is 0 Å². The topological polar surface area (TPSA) is 32.6 Å². The second kappa shape index (κ2) is 3.82. The van der Waals surface area contributed by atoms with Crippen LogP contribution >= 0.6 is 0 Å². The first-order chi connectivity index (χ1) is 6.40. The number of nitrogens with zero attached hydrogens (tertiary/aromatic N) is 1. The molecule has 0 atom stereocenters. The molecule has 0 aromatic heterocycles. The van der Waals surface area contributed by atoms with Crippen LogP contribution in [-0.4, -0.2) is 16.4 Å². The number of aromatic hydroxyl groups is 1. The standard InChI is InChI=1S/C12H17NO/c1-9(13-12(2,3)4)10-7-5-6-8-11(10)14/h5-8,14H,1-4H3/b13-9-. The number of hydrogen-bond donors (Lipinski definition) is 1. The number of aliphatic imine (C=N–C) groups is 1. The molecule has 76 valence electrons. The van der Waals surface area contributed by atoms with Gasteiger partial charge in [-0.2, -0.15) is 0 Å². The Morgan fingerprint density at radius 1 is 1.21 bits per heavy atom. The summed E-state index contributed by atoms with van der Waals surface area (Å²) in [7, 11) is 0. The summed E-state index contributed by atoms with van der Waals surface area (Å²) in [6.07, 6.45) is 0. The minimum absolute atomic E-state index is 0.105. The van der Waals surface area contributed by atoms with E-state index in [1.54, 1.807) is 6.07 Å². The lowest BCUT2D eigenvalue weighted by molar-refractivity contribution is 0.474. The number of benzene rings is 1. The minimum Gasteiger partial charge on any atom is -0.507 e. The highest BCUT2D eigenvalue weighted by Crippen LogP contribution is 2.18. The zero-order valence-electron chi connectivity index (χ0n) is 9.20. The quantitative estimate of drug-likeness (QED) is 0.680. The number of phenolic OH excluding ortho intramolecular Hbond substituents is 1. The summed E-state index contributed by atoms with van der Waals surface area (Å²) in [6.45, 7) is 8.03. The molecule has 1 aromatic rings. The zero-order chi connectivity index (χ0) is 10.8. The predicted octanol–water partition coefficient (Wildman–Crippen LogP) is 3.00. The Labute approximate surface area is 85.3 Å². The van der Waals surface area contributed by atoms with Gasteiger partial charge in [-0.3, -0.25) is 4.99 Å². The summed E-state index contributed by atoms with van der Waals surface area (Å²) in [5.74, 6) is 0.290. The molecule has 0 spiro atoms. The van der Waals surface area contributed by atoms with Crippen molar-refractivity contribution in [3.05, 3.63) is 29.8 Å². The van der Waals surface area contributed by atoms with Crippen molar-refractivity contribution >= 4 is 5.71 Å². The molecule has 0 bridgehead atoms. The molecule has 0 heterocycles. The summed E-state index contributed by atoms with van der Waals surface area (Å²) in [5, 5.41) is 9.60. The first-order valence-electron chi connectivity index (χ1n) is 4.75. The highest BCUT2D eigenvalue weighted by atomic mass is 16.3. The van der Waals surface area contributed by atoms with E-state index in [1.165, 1.54) is 0 Å². The zero-order valence-corrected chi connectivity index (χ0v) is 9.20. The summed E-state index contributed by atoms with van der Waals surface area (Å²) >= 11 is 0. The van der Waals surface area contributed by atoms with E-state index in [4.69, 9.17) is 0 Å². The van der Waals surface area contributed by atoms with Crippen LogP contribution < -0.4 is 0 Å². The Kier molecular flexibility index (Phi) is 2.94. The Hall–Kier alpha value is -1.31. The molecular formula is C12H17NO. The monoisotopic (exact) mass is 191 g/mol. The summed E-state index contributed by atoms with van der Waals surface area (Å²) < 4.78 is 0. The average molecular weight is 191 g/mol. The van der Waals surface area contributed by atoms with E-state index in [9.17, 15) is 5.11 Å². The smallest absolute Gasteiger partial charge is 0.124 e. The maximum absolute atomic E-state index is 9.60. The van der Waals surface area contributed by atoms with Gasteiger partial charge in [0.25, 0.3) is 0 Å². The molecule has 0 saturated carbocycles. The summed E-state index contributed by atoms with van der Waals surface area (Å²) in [5.41, 5.74) is 1.57. The van der Waals surface area contributed by atoms with Crippen LogP contribution in [0.1, 0.15) is 33.3 Å². The fraction of sp³-hybridized carbons (Fsp3) is 0.417. The lowest BCUT2D eigenvalue weighted by atomic mass is 10.1. The second-order valence-electron chi connectivity index (χ2n) is 4.39. The SMILES string of the molecule is C/C(=N/C(C)(C)C)c1ccccc1O. The molecule has 2 nitrogen and oxygen atoms in total. The van der Waals surface area contributed by atoms with Gasteiger partial charge in [0, 0.05) is 11.3 Å². The van der Waals surface area contributed by atoms with Gasteiger partial charge in [0.05, 0.1) is 5.54 Å². The van der Waals surface area contributed by atoms with Crippen LogP contribution in [0.25, 0.3) is 0 Å². The van der Waals surface area contributed by atoms with Crippen LogP contribution in [0.4, 0.5) is 0 Å². The lowest BCUT2D eigenvalue weighted by Crippen LogP contribution is -2.13. The van der Waals surface area contributed by atoms with Crippen LogP contribution in [0.3, 0.4) is 0 Å². The van der Waals surface area contributed by atoms with E-state index in [0.29, 0.717) is 0 Å². The predicted molar refractivity (Wildman–Crippen MR) is 60.1 cm³/mol. The molecule has 0 amide bonds. The number of para-hydroxylation sites is 1. The van der Waals surface area contributed by atoms with E-state index in [1.807, 2.05) is 45.9 Å². The van der Waals surface area contributed by atoms with Crippen molar-refractivity contribution in [2.45, 2.75) is 33.2 Å². The van der Waals surface area contributed by atoms with E-state index in [2.05, 4.69) is 4.99 Å². The number of hydrogen-bond acceptors (Lipinski definition) is 2. The third-order valence-corrected chi connectivity index (χ3v) is 1.80. The molecule has 0 saturated heterocycles. The first-order valence-corrected chi connectivity index (χ1v) is 4.75. The van der Waals surface area contributed by atoms with Crippen molar-refractivity contribution in [2.24, 2.45) is 4.99 Å². The molecule has 14 heavy (non-hydrogen) atoms. The van der Waals surface area contributed by atoms with Crippen LogP contribution in [-0.2, 0) is 0 Å². The van der Waals surface area contributed by atoms with Gasteiger partial charge in [-0.25, -0.2) is 0 Å². The summed E-state index contributed by atoms with van der Waals surface area (Å²) in [6, 6.07) is 7.26. The molecular weight excluding hydrogens is 174 g/mol. The molecule has 2 heteroatoms. The molecule has 1 rings (SSSR count). The molecule has 1 N–H and O–H groups in total. The summed E-state index contributed by atoms with van der Waals surface area (Å²) in [4.78, 5) is 4.50. The minimum atomic E-state index is -0.105. The van der Waals surface area contributed by atoms with Crippen molar-refractivity contribution in [1.29, 1.82) is 0 Å². The second-order valence-corrected chi connectivity index (χ2v) is 4.39. The van der Waals surface area contributed by atoms with Gasteiger partial charge >= 0.3 is 0 Å². The maximum Gasteiger partial charge on any atom is 0.124 e. The van der Waals surface area contributed by atoms with Crippen LogP contribution in [0.5, 0.6) is 5.75 Å². The average Bonchev–Trinajstić information content (AvgIpc) is 2.01. The van der Waals surface area contributed by atoms with Gasteiger partial charge in [-0.05, 0) is 39.8 Å². The molecule has 0 radical (unpaired) electrons. The molecule has 0 fully saturated rings. The Morgan fingerprint density at radius 2 is 1.79 bits per heavy atom. The maximum atomic E-state index is 9.60. The van der Waals surface area contributed by atoms with Crippen molar-refractivity contribution in [2.75, 3.05) is 0 Å². The fourth-order valence-electron chi connectivity index (χ4n) is 1.34. The molecule has 0 aliphatic heterocycles. The van der Waals surface area contributed by atoms with Gasteiger partial charge in [0.15, 0.2) is 0 Å². The van der Waals surface area contributed by atoms with Gasteiger partial charge in [-0.1, -0.05) is 12.1 Å². The number of phenols is 1. The molecule has 0 aliphatic rings. The Morgan fingerprint density at radius 3 is 2.29 bits per heavy atom. The normalized spacial score (nSPS) is 13.0. The van der Waals surface area contributed by atoms with Crippen molar-refractivity contribution in [3.8, 4) is 5.75 Å². The van der Waals surface area contributed by atoms with Gasteiger partial charge in [-0.15, -0.1) is 0 Å².